The van der Waals surface area contributed by atoms with E-state index >= 15 is 0 Å². The molecule has 0 bridgehead atoms. The molecule has 28 heavy (non-hydrogen) atoms. The van der Waals surface area contributed by atoms with E-state index in [0.717, 1.165) is 22.2 Å². The van der Waals surface area contributed by atoms with Crippen LogP contribution < -0.4 is 0 Å². The van der Waals surface area contributed by atoms with Gasteiger partial charge in [-0.1, -0.05) is 23.4 Å². The maximum absolute atomic E-state index is 12.7. The standard InChI is InChI=1S/C19H20N8O/c1-24-9-14(17-4-2-3-5-18(17)24)8-19(28)25-12-16(13-25)26-10-15(22-23-26)11-27-20-6-7-21-27/h2-7,9-10,16H,8,11-13H2,1H3. The van der Waals surface area contributed by atoms with Gasteiger partial charge in [-0.2, -0.15) is 15.0 Å². The first-order chi connectivity index (χ1) is 13.7. The molecule has 0 spiro atoms. The largest absolute Gasteiger partial charge is 0.350 e. The van der Waals surface area contributed by atoms with Crippen LogP contribution in [0.1, 0.15) is 17.3 Å². The van der Waals surface area contributed by atoms with E-state index < -0.39 is 0 Å². The van der Waals surface area contributed by atoms with E-state index in [0.29, 0.717) is 26.1 Å². The van der Waals surface area contributed by atoms with Crippen LogP contribution in [0.2, 0.25) is 0 Å². The fourth-order valence-electron chi connectivity index (χ4n) is 3.70. The first-order valence-electron chi connectivity index (χ1n) is 9.23. The number of rotatable bonds is 5. The Hall–Kier alpha value is -3.49. The van der Waals surface area contributed by atoms with Gasteiger partial charge in [-0.3, -0.25) is 4.79 Å². The molecule has 1 amide bonds. The topological polar surface area (TPSA) is 86.7 Å². The lowest BCUT2D eigenvalue weighted by atomic mass is 10.1. The number of hydrogen-bond donors (Lipinski definition) is 0. The molecule has 0 aliphatic carbocycles. The van der Waals surface area contributed by atoms with Gasteiger partial charge in [0.1, 0.15) is 12.2 Å². The van der Waals surface area contributed by atoms with Gasteiger partial charge < -0.3 is 9.47 Å². The average Bonchev–Trinajstić information content (AvgIpc) is 3.38. The molecule has 0 saturated carbocycles. The number of aryl methyl sites for hydroxylation is 1. The number of nitrogens with zero attached hydrogens (tertiary/aromatic N) is 8. The fourth-order valence-corrected chi connectivity index (χ4v) is 3.70. The number of likely N-dealkylation sites (tertiary alicyclic amines) is 1. The SMILES string of the molecule is Cn1cc(CC(=O)N2CC(n3cc(Cn4nccn4)nn3)C2)c2ccccc21. The lowest BCUT2D eigenvalue weighted by Gasteiger charge is -2.38. The van der Waals surface area contributed by atoms with Crippen LogP contribution in [0, 0.1) is 0 Å². The van der Waals surface area contributed by atoms with Crippen LogP contribution in [0.5, 0.6) is 0 Å². The van der Waals surface area contributed by atoms with Crippen molar-refractivity contribution in [1.82, 2.24) is 39.5 Å². The lowest BCUT2D eigenvalue weighted by Crippen LogP contribution is -2.51. The van der Waals surface area contributed by atoms with Crippen LogP contribution >= 0.6 is 0 Å². The fraction of sp³-hybridized carbons (Fsp3) is 0.316. The highest BCUT2D eigenvalue weighted by Crippen LogP contribution is 2.25. The van der Waals surface area contributed by atoms with E-state index in [1.54, 1.807) is 17.2 Å². The molecular formula is C19H20N8O. The minimum Gasteiger partial charge on any atom is -0.350 e. The Bertz CT molecular complexity index is 1120. The van der Waals surface area contributed by atoms with Gasteiger partial charge in [-0.15, -0.1) is 5.10 Å². The quantitative estimate of drug-likeness (QED) is 0.519. The maximum atomic E-state index is 12.7. The predicted molar refractivity (Wildman–Crippen MR) is 101 cm³/mol. The minimum absolute atomic E-state index is 0.147. The molecule has 1 aromatic carbocycles. The number of para-hydroxylation sites is 1. The molecule has 9 nitrogen and oxygen atoms in total. The summed E-state index contributed by atoms with van der Waals surface area (Å²) >= 11 is 0. The van der Waals surface area contributed by atoms with E-state index in [4.69, 9.17) is 0 Å². The van der Waals surface area contributed by atoms with E-state index in [1.807, 2.05) is 41.2 Å². The summed E-state index contributed by atoms with van der Waals surface area (Å²) in [5, 5.41) is 17.7. The second kappa shape index (κ2) is 6.59. The number of carbonyl (C=O) groups excluding carboxylic acids is 1. The third kappa shape index (κ3) is 2.94. The zero-order valence-electron chi connectivity index (χ0n) is 15.5. The maximum Gasteiger partial charge on any atom is 0.227 e. The van der Waals surface area contributed by atoms with Crippen molar-refractivity contribution < 1.29 is 4.79 Å². The van der Waals surface area contributed by atoms with Gasteiger partial charge in [-0.05, 0) is 11.6 Å². The average molecular weight is 376 g/mol. The van der Waals surface area contributed by atoms with Crippen molar-refractivity contribution in [2.45, 2.75) is 19.0 Å². The van der Waals surface area contributed by atoms with Crippen LogP contribution in [-0.4, -0.2) is 58.5 Å². The van der Waals surface area contributed by atoms with Gasteiger partial charge in [-0.25, -0.2) is 4.68 Å². The minimum atomic E-state index is 0.147. The molecule has 1 aliphatic rings. The zero-order valence-corrected chi connectivity index (χ0v) is 15.5. The Balaban J connectivity index is 1.21. The zero-order chi connectivity index (χ0) is 19.1. The highest BCUT2D eigenvalue weighted by molar-refractivity contribution is 5.89. The van der Waals surface area contributed by atoms with Gasteiger partial charge in [0.15, 0.2) is 0 Å². The molecule has 4 aromatic rings. The Morgan fingerprint density at radius 1 is 1.14 bits per heavy atom. The number of benzene rings is 1. The number of aromatic nitrogens is 7. The predicted octanol–water partition coefficient (Wildman–Crippen LogP) is 1.04. The van der Waals surface area contributed by atoms with Gasteiger partial charge >= 0.3 is 0 Å². The molecule has 0 unspecified atom stereocenters. The Kier molecular flexibility index (Phi) is 3.92. The normalized spacial score (nSPS) is 14.5. The van der Waals surface area contributed by atoms with E-state index in [2.05, 4.69) is 37.2 Å². The second-order valence-corrected chi connectivity index (χ2v) is 7.16. The van der Waals surface area contributed by atoms with Crippen LogP contribution in [0.3, 0.4) is 0 Å². The Labute approximate surface area is 161 Å². The van der Waals surface area contributed by atoms with E-state index in [9.17, 15) is 4.79 Å². The van der Waals surface area contributed by atoms with Crippen molar-refractivity contribution in [2.75, 3.05) is 13.1 Å². The van der Waals surface area contributed by atoms with Gasteiger partial charge in [0.25, 0.3) is 0 Å². The van der Waals surface area contributed by atoms with Gasteiger partial charge in [0, 0.05) is 37.2 Å². The molecule has 0 radical (unpaired) electrons. The van der Waals surface area contributed by atoms with Crippen LogP contribution in [0.25, 0.3) is 10.9 Å². The molecule has 5 rings (SSSR count). The van der Waals surface area contributed by atoms with Crippen molar-refractivity contribution >= 4 is 16.8 Å². The van der Waals surface area contributed by atoms with Crippen LogP contribution in [-0.2, 0) is 24.8 Å². The molecule has 9 heteroatoms. The molecule has 1 saturated heterocycles. The highest BCUT2D eigenvalue weighted by Gasteiger charge is 2.33. The first kappa shape index (κ1) is 16.7. The molecule has 4 heterocycles. The second-order valence-electron chi connectivity index (χ2n) is 7.16. The summed E-state index contributed by atoms with van der Waals surface area (Å²) in [6.07, 6.45) is 7.64. The van der Waals surface area contributed by atoms with Gasteiger partial charge in [0.2, 0.25) is 5.91 Å². The van der Waals surface area contributed by atoms with E-state index in [-0.39, 0.29) is 11.9 Å². The molecule has 1 fully saturated rings. The van der Waals surface area contributed by atoms with Gasteiger partial charge in [0.05, 0.1) is 31.1 Å². The molecule has 3 aromatic heterocycles. The summed E-state index contributed by atoms with van der Waals surface area (Å²) < 4.78 is 3.91. The van der Waals surface area contributed by atoms with Crippen molar-refractivity contribution in [1.29, 1.82) is 0 Å². The Morgan fingerprint density at radius 3 is 2.75 bits per heavy atom. The van der Waals surface area contributed by atoms with Crippen molar-refractivity contribution in [3.05, 3.63) is 60.3 Å². The summed E-state index contributed by atoms with van der Waals surface area (Å²) in [6.45, 7) is 1.81. The summed E-state index contributed by atoms with van der Waals surface area (Å²) in [4.78, 5) is 16.1. The number of fused-ring (bicyclic) bond motifs is 1. The van der Waals surface area contributed by atoms with Crippen molar-refractivity contribution in [3.63, 3.8) is 0 Å². The smallest absolute Gasteiger partial charge is 0.227 e. The summed E-state index contributed by atoms with van der Waals surface area (Å²) in [5.74, 6) is 0.147. The number of carbonyl (C=O) groups is 1. The molecule has 142 valence electrons. The highest BCUT2D eigenvalue weighted by atomic mass is 16.2. The number of hydrogen-bond acceptors (Lipinski definition) is 5. The van der Waals surface area contributed by atoms with Crippen LogP contribution in [0.4, 0.5) is 0 Å². The lowest BCUT2D eigenvalue weighted by molar-refractivity contribution is -0.136. The van der Waals surface area contributed by atoms with Crippen LogP contribution in [0.15, 0.2) is 49.1 Å². The third-order valence-corrected chi connectivity index (χ3v) is 5.24. The monoisotopic (exact) mass is 376 g/mol. The molecular weight excluding hydrogens is 356 g/mol. The third-order valence-electron chi connectivity index (χ3n) is 5.24. The van der Waals surface area contributed by atoms with Crippen molar-refractivity contribution in [3.8, 4) is 0 Å². The molecule has 0 N–H and O–H groups in total. The molecule has 0 atom stereocenters. The molecule has 1 aliphatic heterocycles. The Morgan fingerprint density at radius 2 is 1.93 bits per heavy atom. The summed E-state index contributed by atoms with van der Waals surface area (Å²) in [6, 6.07) is 8.34. The summed E-state index contributed by atoms with van der Waals surface area (Å²) in [7, 11) is 2.01. The summed E-state index contributed by atoms with van der Waals surface area (Å²) in [5.41, 5.74) is 3.02. The first-order valence-corrected chi connectivity index (χ1v) is 9.23. The van der Waals surface area contributed by atoms with E-state index in [1.165, 1.54) is 0 Å². The van der Waals surface area contributed by atoms with Crippen molar-refractivity contribution in [2.24, 2.45) is 7.05 Å². The number of amides is 1.